The lowest BCUT2D eigenvalue weighted by molar-refractivity contribution is -0.122. The molecule has 1 fully saturated rings. The number of rotatable bonds is 5. The third-order valence-corrected chi connectivity index (χ3v) is 3.13. The van der Waals surface area contributed by atoms with E-state index in [4.69, 9.17) is 0 Å². The maximum atomic E-state index is 11.5. The highest BCUT2D eigenvalue weighted by atomic mass is 32.2. The summed E-state index contributed by atoms with van der Waals surface area (Å²) in [5.41, 5.74) is 0. The van der Waals surface area contributed by atoms with Gasteiger partial charge in [0.1, 0.15) is 6.04 Å². The molecule has 0 radical (unpaired) electrons. The van der Waals surface area contributed by atoms with Gasteiger partial charge in [-0.3, -0.25) is 9.59 Å². The van der Waals surface area contributed by atoms with Crippen molar-refractivity contribution in [3.05, 3.63) is 0 Å². The summed E-state index contributed by atoms with van der Waals surface area (Å²) in [5.74, 6) is 0.639. The van der Waals surface area contributed by atoms with E-state index in [1.807, 2.05) is 13.8 Å². The molecule has 1 aliphatic heterocycles. The molecule has 1 heterocycles. The third-order valence-electron chi connectivity index (χ3n) is 2.25. The highest BCUT2D eigenvalue weighted by Crippen LogP contribution is 2.12. The molecular formula is C10H18N2O3S. The maximum absolute atomic E-state index is 11.5. The van der Waals surface area contributed by atoms with Gasteiger partial charge in [0.25, 0.3) is 5.24 Å². The van der Waals surface area contributed by atoms with Crippen molar-refractivity contribution >= 4 is 22.9 Å². The predicted molar refractivity (Wildman–Crippen MR) is 63.2 cm³/mol. The Kier molecular flexibility index (Phi) is 5.08. The summed E-state index contributed by atoms with van der Waals surface area (Å²) in [6.07, 6.45) is 0.139. The van der Waals surface area contributed by atoms with Gasteiger partial charge < -0.3 is 15.7 Å². The van der Waals surface area contributed by atoms with Crippen LogP contribution < -0.4 is 10.6 Å². The van der Waals surface area contributed by atoms with Gasteiger partial charge in [-0.25, -0.2) is 0 Å². The summed E-state index contributed by atoms with van der Waals surface area (Å²) in [5, 5.41) is 14.6. The number of hydrogen-bond acceptors (Lipinski definition) is 4. The van der Waals surface area contributed by atoms with Crippen molar-refractivity contribution in [3.8, 4) is 0 Å². The Morgan fingerprint density at radius 1 is 1.69 bits per heavy atom. The first-order valence-corrected chi connectivity index (χ1v) is 6.36. The standard InChI is InChI=1S/C10H18N2O3S/c1-6(2)3-7(13)4-11-9(14)8-5-16-10(15)12-8/h6-8,13H,3-5H2,1-2H3,(H,11,14)(H,12,15). The van der Waals surface area contributed by atoms with Crippen LogP contribution in [0.4, 0.5) is 4.79 Å². The molecule has 16 heavy (non-hydrogen) atoms. The normalized spacial score (nSPS) is 22.0. The lowest BCUT2D eigenvalue weighted by Gasteiger charge is -2.15. The van der Waals surface area contributed by atoms with Crippen LogP contribution >= 0.6 is 11.8 Å². The summed E-state index contributed by atoms with van der Waals surface area (Å²) in [7, 11) is 0. The Morgan fingerprint density at radius 3 is 2.88 bits per heavy atom. The second kappa shape index (κ2) is 6.10. The molecule has 5 nitrogen and oxygen atoms in total. The Bertz CT molecular complexity index is 271. The molecule has 0 saturated carbocycles. The van der Waals surface area contributed by atoms with Gasteiger partial charge in [0.05, 0.1) is 6.10 Å². The fourth-order valence-corrected chi connectivity index (χ4v) is 2.27. The molecule has 1 rings (SSSR count). The van der Waals surface area contributed by atoms with E-state index in [1.54, 1.807) is 0 Å². The van der Waals surface area contributed by atoms with Crippen LogP contribution in [0, 0.1) is 5.92 Å². The van der Waals surface area contributed by atoms with Gasteiger partial charge in [-0.15, -0.1) is 0 Å². The first kappa shape index (κ1) is 13.3. The molecule has 2 unspecified atom stereocenters. The molecule has 2 amide bonds. The summed E-state index contributed by atoms with van der Waals surface area (Å²) < 4.78 is 0. The molecule has 1 aliphatic rings. The maximum Gasteiger partial charge on any atom is 0.279 e. The zero-order valence-corrected chi connectivity index (χ0v) is 10.3. The molecule has 3 N–H and O–H groups in total. The summed E-state index contributed by atoms with van der Waals surface area (Å²) in [4.78, 5) is 22.4. The lowest BCUT2D eigenvalue weighted by atomic mass is 10.1. The number of thioether (sulfide) groups is 1. The zero-order valence-electron chi connectivity index (χ0n) is 9.53. The minimum Gasteiger partial charge on any atom is -0.391 e. The summed E-state index contributed by atoms with van der Waals surface area (Å²) >= 11 is 1.11. The number of aliphatic hydroxyl groups is 1. The van der Waals surface area contributed by atoms with Gasteiger partial charge in [0.15, 0.2) is 0 Å². The van der Waals surface area contributed by atoms with Gasteiger partial charge in [0.2, 0.25) is 5.91 Å². The van der Waals surface area contributed by atoms with Gasteiger partial charge in [-0.2, -0.15) is 0 Å². The molecule has 0 aliphatic carbocycles. The molecule has 2 atom stereocenters. The molecule has 1 saturated heterocycles. The van der Waals surface area contributed by atoms with Crippen LogP contribution in [0.15, 0.2) is 0 Å². The first-order valence-electron chi connectivity index (χ1n) is 5.38. The number of aliphatic hydroxyl groups excluding tert-OH is 1. The Morgan fingerprint density at radius 2 is 2.38 bits per heavy atom. The molecule has 6 heteroatoms. The number of carbonyl (C=O) groups excluding carboxylic acids is 2. The molecule has 0 bridgehead atoms. The van der Waals surface area contributed by atoms with E-state index >= 15 is 0 Å². The summed E-state index contributed by atoms with van der Waals surface area (Å²) in [6.45, 7) is 4.27. The zero-order chi connectivity index (χ0) is 12.1. The summed E-state index contributed by atoms with van der Waals surface area (Å²) in [6, 6.07) is -0.455. The number of carbonyl (C=O) groups is 2. The van der Waals surface area contributed by atoms with E-state index in [1.165, 1.54) is 0 Å². The van der Waals surface area contributed by atoms with Crippen LogP contribution in [0.5, 0.6) is 0 Å². The Labute approximate surface area is 99.4 Å². The van der Waals surface area contributed by atoms with Gasteiger partial charge in [-0.05, 0) is 12.3 Å². The molecular weight excluding hydrogens is 228 g/mol. The second-order valence-corrected chi connectivity index (χ2v) is 5.32. The number of nitrogens with one attached hydrogen (secondary N) is 2. The van der Waals surface area contributed by atoms with Crippen molar-refractivity contribution < 1.29 is 14.7 Å². The monoisotopic (exact) mass is 246 g/mol. The quantitative estimate of drug-likeness (QED) is 0.653. The van der Waals surface area contributed by atoms with E-state index in [9.17, 15) is 14.7 Å². The average Bonchev–Trinajstić information content (AvgIpc) is 2.60. The lowest BCUT2D eigenvalue weighted by Crippen LogP contribution is -2.45. The molecule has 0 aromatic carbocycles. The smallest absolute Gasteiger partial charge is 0.279 e. The van der Waals surface area contributed by atoms with Crippen molar-refractivity contribution in [2.24, 2.45) is 5.92 Å². The van der Waals surface area contributed by atoms with Crippen LogP contribution in [0.2, 0.25) is 0 Å². The minimum absolute atomic E-state index is 0.164. The fourth-order valence-electron chi connectivity index (χ4n) is 1.49. The Hall–Kier alpha value is -0.750. The average molecular weight is 246 g/mol. The third kappa shape index (κ3) is 4.40. The van der Waals surface area contributed by atoms with Crippen LogP contribution in [0.25, 0.3) is 0 Å². The largest absolute Gasteiger partial charge is 0.391 e. The number of hydrogen-bond donors (Lipinski definition) is 3. The van der Waals surface area contributed by atoms with Crippen LogP contribution in [-0.2, 0) is 4.79 Å². The van der Waals surface area contributed by atoms with E-state index < -0.39 is 12.1 Å². The minimum atomic E-state index is -0.520. The predicted octanol–water partition coefficient (Wildman–Crippen LogP) is 0.335. The SMILES string of the molecule is CC(C)CC(O)CNC(=O)C1CSC(=O)N1. The van der Waals surface area contributed by atoms with E-state index in [-0.39, 0.29) is 17.7 Å². The number of amides is 2. The van der Waals surface area contributed by atoms with Crippen LogP contribution in [0.1, 0.15) is 20.3 Å². The van der Waals surface area contributed by atoms with Gasteiger partial charge in [-0.1, -0.05) is 25.6 Å². The highest BCUT2D eigenvalue weighted by Gasteiger charge is 2.27. The molecule has 0 aromatic heterocycles. The van der Waals surface area contributed by atoms with E-state index in [0.717, 1.165) is 11.8 Å². The molecule has 0 aromatic rings. The topological polar surface area (TPSA) is 78.4 Å². The van der Waals surface area contributed by atoms with Crippen molar-refractivity contribution in [1.29, 1.82) is 0 Å². The first-order chi connectivity index (χ1) is 7.49. The van der Waals surface area contributed by atoms with Crippen molar-refractivity contribution in [1.82, 2.24) is 10.6 Å². The van der Waals surface area contributed by atoms with Crippen molar-refractivity contribution in [2.45, 2.75) is 32.4 Å². The molecule has 92 valence electrons. The van der Waals surface area contributed by atoms with E-state index in [0.29, 0.717) is 18.1 Å². The van der Waals surface area contributed by atoms with Gasteiger partial charge >= 0.3 is 0 Å². The molecule has 0 spiro atoms. The van der Waals surface area contributed by atoms with Crippen molar-refractivity contribution in [3.63, 3.8) is 0 Å². The van der Waals surface area contributed by atoms with Crippen LogP contribution in [-0.4, -0.2) is 40.7 Å². The highest BCUT2D eigenvalue weighted by molar-refractivity contribution is 8.14. The van der Waals surface area contributed by atoms with Crippen LogP contribution in [0.3, 0.4) is 0 Å². The van der Waals surface area contributed by atoms with E-state index in [2.05, 4.69) is 10.6 Å². The fraction of sp³-hybridized carbons (Fsp3) is 0.800. The second-order valence-electron chi connectivity index (χ2n) is 4.32. The van der Waals surface area contributed by atoms with Gasteiger partial charge in [0, 0.05) is 12.3 Å². The Balaban J connectivity index is 2.22. The van der Waals surface area contributed by atoms with Crippen molar-refractivity contribution in [2.75, 3.05) is 12.3 Å².